The molecular formula is C24H19N7O3S. The molecule has 0 unspecified atom stereocenters. The van der Waals surface area contributed by atoms with Gasteiger partial charge in [0, 0.05) is 30.2 Å². The summed E-state index contributed by atoms with van der Waals surface area (Å²) in [5.41, 5.74) is 2.91. The highest BCUT2D eigenvalue weighted by Crippen LogP contribution is 2.30. The van der Waals surface area contributed by atoms with Gasteiger partial charge in [-0.05, 0) is 30.3 Å². The van der Waals surface area contributed by atoms with E-state index in [0.717, 1.165) is 11.1 Å². The molecular weight excluding hydrogens is 466 g/mol. The van der Waals surface area contributed by atoms with Crippen molar-refractivity contribution < 1.29 is 13.2 Å². The Bertz CT molecular complexity index is 1650. The number of hydrogen-bond donors (Lipinski definition) is 1. The van der Waals surface area contributed by atoms with Gasteiger partial charge in [0.05, 0.1) is 29.5 Å². The van der Waals surface area contributed by atoms with Crippen LogP contribution >= 0.6 is 0 Å². The molecule has 0 amide bonds. The van der Waals surface area contributed by atoms with Crippen LogP contribution in [0.1, 0.15) is 18.3 Å². The van der Waals surface area contributed by atoms with Crippen molar-refractivity contribution in [3.63, 3.8) is 0 Å². The van der Waals surface area contributed by atoms with E-state index in [1.165, 1.54) is 12.3 Å². The zero-order chi connectivity index (χ0) is 24.4. The van der Waals surface area contributed by atoms with Crippen LogP contribution in [0.2, 0.25) is 0 Å². The second-order valence-corrected chi connectivity index (χ2v) is 9.83. The molecule has 1 N–H and O–H groups in total. The molecule has 0 saturated heterocycles. The third-order valence-electron chi connectivity index (χ3n) is 5.35. The van der Waals surface area contributed by atoms with Gasteiger partial charge >= 0.3 is 0 Å². The number of hydrogen-bond acceptors (Lipinski definition) is 8. The van der Waals surface area contributed by atoms with Gasteiger partial charge in [0.1, 0.15) is 23.3 Å². The number of nitriles is 1. The number of imidazole rings is 2. The smallest absolute Gasteiger partial charge is 0.213 e. The Morgan fingerprint density at radius 1 is 1.09 bits per heavy atom. The number of aromatic amines is 1. The molecule has 35 heavy (non-hydrogen) atoms. The van der Waals surface area contributed by atoms with Gasteiger partial charge in [-0.1, -0.05) is 13.0 Å². The Hall–Kier alpha value is -4.56. The number of benzene rings is 1. The molecule has 5 aromatic rings. The zero-order valence-corrected chi connectivity index (χ0v) is 19.4. The lowest BCUT2D eigenvalue weighted by Gasteiger charge is -2.10. The SMILES string of the molecule is CCS(=O)(=O)c1ccc(Oc2cc(Cn3ccnc3C#N)c3nc(-c4ccccn4)[nH]c3c2)cn1. The van der Waals surface area contributed by atoms with Gasteiger partial charge in [-0.25, -0.2) is 23.4 Å². The van der Waals surface area contributed by atoms with Crippen LogP contribution in [-0.4, -0.2) is 43.7 Å². The molecule has 174 valence electrons. The van der Waals surface area contributed by atoms with Crippen molar-refractivity contribution >= 4 is 20.9 Å². The average Bonchev–Trinajstić information content (AvgIpc) is 3.52. The molecule has 11 heteroatoms. The van der Waals surface area contributed by atoms with E-state index in [0.29, 0.717) is 35.1 Å². The number of nitrogens with zero attached hydrogens (tertiary/aromatic N) is 6. The minimum Gasteiger partial charge on any atom is -0.456 e. The molecule has 10 nitrogen and oxygen atoms in total. The van der Waals surface area contributed by atoms with Gasteiger partial charge in [-0.15, -0.1) is 0 Å². The first kappa shape index (κ1) is 22.2. The molecule has 0 aliphatic carbocycles. The topological polar surface area (TPSA) is 139 Å². The van der Waals surface area contributed by atoms with Crippen molar-refractivity contribution in [3.8, 4) is 29.1 Å². The number of H-pyrrole nitrogens is 1. The summed E-state index contributed by atoms with van der Waals surface area (Å²) >= 11 is 0. The molecule has 0 fully saturated rings. The van der Waals surface area contributed by atoms with E-state index in [1.807, 2.05) is 24.3 Å². The van der Waals surface area contributed by atoms with Gasteiger partial charge in [-0.2, -0.15) is 5.26 Å². The van der Waals surface area contributed by atoms with Gasteiger partial charge < -0.3 is 14.3 Å². The third kappa shape index (κ3) is 4.47. The van der Waals surface area contributed by atoms with Crippen LogP contribution in [0, 0.1) is 11.3 Å². The normalized spacial score (nSPS) is 11.4. The van der Waals surface area contributed by atoms with Gasteiger partial charge in [-0.3, -0.25) is 4.98 Å². The third-order valence-corrected chi connectivity index (χ3v) is 6.99. The van der Waals surface area contributed by atoms with Crippen molar-refractivity contribution in [2.45, 2.75) is 18.5 Å². The minimum atomic E-state index is -3.40. The lowest BCUT2D eigenvalue weighted by Crippen LogP contribution is -2.05. The zero-order valence-electron chi connectivity index (χ0n) is 18.6. The number of ether oxygens (including phenoxy) is 1. The Morgan fingerprint density at radius 2 is 1.97 bits per heavy atom. The molecule has 4 aromatic heterocycles. The summed E-state index contributed by atoms with van der Waals surface area (Å²) in [6.07, 6.45) is 6.36. The van der Waals surface area contributed by atoms with Crippen molar-refractivity contribution in [1.82, 2.24) is 29.5 Å². The number of pyridine rings is 2. The molecule has 0 atom stereocenters. The first-order valence-corrected chi connectivity index (χ1v) is 12.3. The van der Waals surface area contributed by atoms with E-state index in [-0.39, 0.29) is 16.6 Å². The van der Waals surface area contributed by atoms with E-state index < -0.39 is 9.84 Å². The van der Waals surface area contributed by atoms with Crippen molar-refractivity contribution in [2.75, 3.05) is 5.75 Å². The van der Waals surface area contributed by atoms with Gasteiger partial charge in [0.25, 0.3) is 0 Å². The van der Waals surface area contributed by atoms with Crippen LogP contribution in [0.5, 0.6) is 11.5 Å². The maximum absolute atomic E-state index is 12.0. The van der Waals surface area contributed by atoms with Crippen LogP contribution in [0.4, 0.5) is 0 Å². The van der Waals surface area contributed by atoms with E-state index in [4.69, 9.17) is 9.72 Å². The Morgan fingerprint density at radius 3 is 2.69 bits per heavy atom. The van der Waals surface area contributed by atoms with Gasteiger partial charge in [0.15, 0.2) is 20.7 Å². The first-order chi connectivity index (χ1) is 17.0. The maximum atomic E-state index is 12.0. The largest absolute Gasteiger partial charge is 0.456 e. The number of sulfone groups is 1. The second-order valence-electron chi connectivity index (χ2n) is 7.61. The lowest BCUT2D eigenvalue weighted by molar-refractivity contribution is 0.478. The maximum Gasteiger partial charge on any atom is 0.213 e. The van der Waals surface area contributed by atoms with Crippen LogP contribution in [0.15, 0.2) is 72.3 Å². The standard InChI is InChI=1S/C24H19N7O3S/c1-2-35(32,33)22-7-6-17(14-28-22)34-18-11-16(15-31-10-9-27-21(31)13-25)23-20(12-18)29-24(30-23)19-5-3-4-8-26-19/h3-12,14H,2,15H2,1H3,(H,29,30). The number of fused-ring (bicyclic) bond motifs is 1. The molecule has 0 spiro atoms. The number of rotatable bonds is 7. The van der Waals surface area contributed by atoms with Crippen molar-refractivity contribution in [1.29, 1.82) is 5.26 Å². The van der Waals surface area contributed by atoms with Crippen molar-refractivity contribution in [2.24, 2.45) is 0 Å². The first-order valence-electron chi connectivity index (χ1n) is 10.7. The number of aromatic nitrogens is 6. The lowest BCUT2D eigenvalue weighted by atomic mass is 10.1. The minimum absolute atomic E-state index is 0.00111. The van der Waals surface area contributed by atoms with E-state index in [9.17, 15) is 13.7 Å². The summed E-state index contributed by atoms with van der Waals surface area (Å²) in [6.45, 7) is 1.91. The summed E-state index contributed by atoms with van der Waals surface area (Å²) in [6, 6.07) is 14.3. The summed E-state index contributed by atoms with van der Waals surface area (Å²) in [7, 11) is -3.40. The average molecular weight is 486 g/mol. The van der Waals surface area contributed by atoms with Crippen LogP contribution < -0.4 is 4.74 Å². The molecule has 4 heterocycles. The predicted octanol–water partition coefficient (Wildman–Crippen LogP) is 3.72. The highest BCUT2D eigenvalue weighted by atomic mass is 32.2. The van der Waals surface area contributed by atoms with Gasteiger partial charge in [0.2, 0.25) is 5.82 Å². The fourth-order valence-corrected chi connectivity index (χ4v) is 4.38. The second kappa shape index (κ2) is 9.00. The van der Waals surface area contributed by atoms with Crippen LogP contribution in [0.3, 0.4) is 0 Å². The van der Waals surface area contributed by atoms with E-state index in [1.54, 1.807) is 42.2 Å². The Kier molecular flexibility index (Phi) is 5.72. The van der Waals surface area contributed by atoms with Crippen LogP contribution in [0.25, 0.3) is 22.6 Å². The number of nitrogens with one attached hydrogen (secondary N) is 1. The molecule has 0 radical (unpaired) electrons. The fourth-order valence-electron chi connectivity index (χ4n) is 3.59. The molecule has 0 aliphatic rings. The van der Waals surface area contributed by atoms with E-state index >= 15 is 0 Å². The molecule has 0 saturated carbocycles. The molecule has 0 bridgehead atoms. The summed E-state index contributed by atoms with van der Waals surface area (Å²) in [4.78, 5) is 20.5. The summed E-state index contributed by atoms with van der Waals surface area (Å²) in [5.74, 6) is 1.73. The molecule has 5 rings (SSSR count). The van der Waals surface area contributed by atoms with E-state index in [2.05, 4.69) is 26.0 Å². The molecule has 0 aliphatic heterocycles. The molecule has 1 aromatic carbocycles. The fraction of sp³-hybridized carbons (Fsp3) is 0.125. The Labute approximate surface area is 200 Å². The summed E-state index contributed by atoms with van der Waals surface area (Å²) < 4.78 is 31.8. The predicted molar refractivity (Wildman–Crippen MR) is 127 cm³/mol. The highest BCUT2D eigenvalue weighted by molar-refractivity contribution is 7.91. The van der Waals surface area contributed by atoms with Crippen molar-refractivity contribution in [3.05, 3.63) is 78.6 Å². The quantitative estimate of drug-likeness (QED) is 0.368. The highest BCUT2D eigenvalue weighted by Gasteiger charge is 2.16. The summed E-state index contributed by atoms with van der Waals surface area (Å²) in [5, 5.41) is 9.36. The van der Waals surface area contributed by atoms with Crippen LogP contribution in [-0.2, 0) is 16.4 Å². The monoisotopic (exact) mass is 485 g/mol. The Balaban J connectivity index is 1.55.